The van der Waals surface area contributed by atoms with Gasteiger partial charge in [0.25, 0.3) is 0 Å². The first-order valence-corrected chi connectivity index (χ1v) is 11.5. The summed E-state index contributed by atoms with van der Waals surface area (Å²) in [4.78, 5) is 19.5. The molecule has 5 rings (SSSR count). The normalized spacial score (nSPS) is 18.2. The molecule has 1 saturated heterocycles. The Morgan fingerprint density at radius 1 is 1.15 bits per heavy atom. The second kappa shape index (κ2) is 9.62. The van der Waals surface area contributed by atoms with Gasteiger partial charge in [0, 0.05) is 31.0 Å². The van der Waals surface area contributed by atoms with Gasteiger partial charge in [0.2, 0.25) is 0 Å². The van der Waals surface area contributed by atoms with Crippen LogP contribution in [0.3, 0.4) is 0 Å². The van der Waals surface area contributed by atoms with Crippen LogP contribution in [-0.4, -0.2) is 52.0 Å². The van der Waals surface area contributed by atoms with E-state index in [9.17, 15) is 4.79 Å². The summed E-state index contributed by atoms with van der Waals surface area (Å²) >= 11 is 0. The standard InChI is InChI=1S/C25H28N4O4/c1-2-31-25(30)20-16-27-29(19-8-9-23-24(14-19)33-13-12-32-23)22(20)17-28-11-4-3-7-21(28)18-6-5-10-26-15-18/h5-6,8-10,14-16,21H,2-4,7,11-13,17H2,1H3. The molecule has 8 nitrogen and oxygen atoms in total. The molecule has 1 fully saturated rings. The molecule has 2 aromatic heterocycles. The average Bonchev–Trinajstić information content (AvgIpc) is 3.28. The Hall–Kier alpha value is -3.39. The molecule has 0 radical (unpaired) electrons. The number of ether oxygens (including phenoxy) is 3. The number of aromatic nitrogens is 3. The molecule has 172 valence electrons. The van der Waals surface area contributed by atoms with Crippen molar-refractivity contribution in [3.05, 3.63) is 65.7 Å². The number of piperidine rings is 1. The van der Waals surface area contributed by atoms with E-state index < -0.39 is 0 Å². The molecule has 1 aromatic carbocycles. The van der Waals surface area contributed by atoms with Gasteiger partial charge in [-0.05, 0) is 50.1 Å². The molecule has 0 aliphatic carbocycles. The first-order valence-electron chi connectivity index (χ1n) is 11.5. The number of fused-ring (bicyclic) bond motifs is 1. The molecule has 2 aliphatic rings. The van der Waals surface area contributed by atoms with E-state index in [-0.39, 0.29) is 12.0 Å². The number of pyridine rings is 1. The highest BCUT2D eigenvalue weighted by molar-refractivity contribution is 5.90. The molecule has 0 spiro atoms. The summed E-state index contributed by atoms with van der Waals surface area (Å²) in [5.41, 5.74) is 3.31. The van der Waals surface area contributed by atoms with E-state index in [1.165, 1.54) is 12.0 Å². The summed E-state index contributed by atoms with van der Waals surface area (Å²) in [5, 5.41) is 4.58. The first kappa shape index (κ1) is 21.5. The minimum Gasteiger partial charge on any atom is -0.486 e. The van der Waals surface area contributed by atoms with E-state index in [1.807, 2.05) is 42.1 Å². The molecule has 4 heterocycles. The van der Waals surface area contributed by atoms with Gasteiger partial charge in [-0.3, -0.25) is 9.88 Å². The van der Waals surface area contributed by atoms with E-state index in [2.05, 4.69) is 21.0 Å². The van der Waals surface area contributed by atoms with E-state index in [1.54, 1.807) is 12.4 Å². The molecule has 0 bridgehead atoms. The molecule has 3 aromatic rings. The van der Waals surface area contributed by atoms with Gasteiger partial charge >= 0.3 is 5.97 Å². The third-order valence-corrected chi connectivity index (χ3v) is 6.17. The van der Waals surface area contributed by atoms with Crippen LogP contribution in [0, 0.1) is 0 Å². The average molecular weight is 449 g/mol. The first-order chi connectivity index (χ1) is 16.2. The summed E-state index contributed by atoms with van der Waals surface area (Å²) < 4.78 is 18.6. The summed E-state index contributed by atoms with van der Waals surface area (Å²) in [6, 6.07) is 10.1. The van der Waals surface area contributed by atoms with Crippen molar-refractivity contribution in [2.24, 2.45) is 0 Å². The van der Waals surface area contributed by atoms with Crippen LogP contribution in [0.25, 0.3) is 5.69 Å². The number of carbonyl (C=O) groups is 1. The molecular formula is C25H28N4O4. The Labute approximate surface area is 193 Å². The smallest absolute Gasteiger partial charge is 0.341 e. The maximum atomic E-state index is 12.8. The highest BCUT2D eigenvalue weighted by Crippen LogP contribution is 2.35. The Morgan fingerprint density at radius 3 is 2.85 bits per heavy atom. The Balaban J connectivity index is 1.52. The SMILES string of the molecule is CCOC(=O)c1cnn(-c2ccc3c(c2)OCCO3)c1CN1CCCCC1c1cccnc1. The van der Waals surface area contributed by atoms with Crippen molar-refractivity contribution in [3.8, 4) is 17.2 Å². The van der Waals surface area contributed by atoms with Gasteiger partial charge in [0.1, 0.15) is 18.8 Å². The number of benzene rings is 1. The molecule has 33 heavy (non-hydrogen) atoms. The van der Waals surface area contributed by atoms with Gasteiger partial charge in [-0.15, -0.1) is 0 Å². The lowest BCUT2D eigenvalue weighted by Crippen LogP contribution is -2.34. The van der Waals surface area contributed by atoms with Crippen LogP contribution in [-0.2, 0) is 11.3 Å². The summed E-state index contributed by atoms with van der Waals surface area (Å²) in [6.07, 6.45) is 8.68. The minimum absolute atomic E-state index is 0.242. The second-order valence-corrected chi connectivity index (χ2v) is 8.23. The van der Waals surface area contributed by atoms with Crippen molar-refractivity contribution in [1.29, 1.82) is 0 Å². The number of nitrogens with zero attached hydrogens (tertiary/aromatic N) is 4. The van der Waals surface area contributed by atoms with Crippen LogP contribution in [0.5, 0.6) is 11.5 Å². The Morgan fingerprint density at radius 2 is 2.03 bits per heavy atom. The number of likely N-dealkylation sites (tertiary alicyclic amines) is 1. The number of hydrogen-bond acceptors (Lipinski definition) is 7. The zero-order valence-corrected chi connectivity index (χ0v) is 18.8. The Kier molecular flexibility index (Phi) is 6.26. The second-order valence-electron chi connectivity index (χ2n) is 8.23. The van der Waals surface area contributed by atoms with Crippen LogP contribution < -0.4 is 9.47 Å². The lowest BCUT2D eigenvalue weighted by atomic mass is 9.96. The number of carbonyl (C=O) groups excluding carboxylic acids is 1. The van der Waals surface area contributed by atoms with Crippen LogP contribution in [0.1, 0.15) is 53.8 Å². The van der Waals surface area contributed by atoms with Gasteiger partial charge in [-0.1, -0.05) is 12.5 Å². The third kappa shape index (κ3) is 4.43. The quantitative estimate of drug-likeness (QED) is 0.529. The fraction of sp³-hybridized carbons (Fsp3) is 0.400. The van der Waals surface area contributed by atoms with Crippen LogP contribution in [0.2, 0.25) is 0 Å². The lowest BCUT2D eigenvalue weighted by molar-refractivity contribution is 0.0522. The molecule has 0 amide bonds. The summed E-state index contributed by atoms with van der Waals surface area (Å²) in [7, 11) is 0. The third-order valence-electron chi connectivity index (χ3n) is 6.17. The van der Waals surface area contributed by atoms with Crippen molar-refractivity contribution in [2.75, 3.05) is 26.4 Å². The number of hydrogen-bond donors (Lipinski definition) is 0. The molecule has 0 N–H and O–H groups in total. The van der Waals surface area contributed by atoms with Gasteiger partial charge in [0.05, 0.1) is 24.2 Å². The van der Waals surface area contributed by atoms with E-state index in [0.717, 1.165) is 36.5 Å². The van der Waals surface area contributed by atoms with E-state index >= 15 is 0 Å². The molecule has 8 heteroatoms. The molecule has 0 saturated carbocycles. The molecule has 2 aliphatic heterocycles. The van der Waals surface area contributed by atoms with Gasteiger partial charge in [0.15, 0.2) is 11.5 Å². The zero-order chi connectivity index (χ0) is 22.6. The summed E-state index contributed by atoms with van der Waals surface area (Å²) in [6.45, 7) is 4.69. The van der Waals surface area contributed by atoms with Crippen molar-refractivity contribution in [3.63, 3.8) is 0 Å². The fourth-order valence-corrected chi connectivity index (χ4v) is 4.61. The maximum absolute atomic E-state index is 12.8. The molecule has 1 unspecified atom stereocenters. The monoisotopic (exact) mass is 448 g/mol. The number of rotatable bonds is 6. The largest absolute Gasteiger partial charge is 0.486 e. The highest BCUT2D eigenvalue weighted by Gasteiger charge is 2.28. The topological polar surface area (TPSA) is 78.7 Å². The van der Waals surface area contributed by atoms with Crippen molar-refractivity contribution >= 4 is 5.97 Å². The van der Waals surface area contributed by atoms with Gasteiger partial charge in [-0.2, -0.15) is 5.10 Å². The zero-order valence-electron chi connectivity index (χ0n) is 18.8. The van der Waals surface area contributed by atoms with E-state index in [4.69, 9.17) is 14.2 Å². The fourth-order valence-electron chi connectivity index (χ4n) is 4.61. The Bertz CT molecular complexity index is 1110. The maximum Gasteiger partial charge on any atom is 0.341 e. The number of esters is 1. The van der Waals surface area contributed by atoms with Crippen LogP contribution >= 0.6 is 0 Å². The minimum atomic E-state index is -0.355. The van der Waals surface area contributed by atoms with Gasteiger partial charge < -0.3 is 14.2 Å². The molecule has 1 atom stereocenters. The van der Waals surface area contributed by atoms with Gasteiger partial charge in [-0.25, -0.2) is 9.48 Å². The predicted molar refractivity (Wildman–Crippen MR) is 122 cm³/mol. The van der Waals surface area contributed by atoms with Crippen molar-refractivity contribution < 1.29 is 19.0 Å². The highest BCUT2D eigenvalue weighted by atomic mass is 16.6. The van der Waals surface area contributed by atoms with Crippen LogP contribution in [0.15, 0.2) is 48.9 Å². The lowest BCUT2D eigenvalue weighted by Gasteiger charge is -2.36. The molecular weight excluding hydrogens is 420 g/mol. The van der Waals surface area contributed by atoms with Crippen molar-refractivity contribution in [2.45, 2.75) is 38.8 Å². The van der Waals surface area contributed by atoms with Crippen LogP contribution in [0.4, 0.5) is 0 Å². The van der Waals surface area contributed by atoms with E-state index in [0.29, 0.717) is 37.7 Å². The predicted octanol–water partition coefficient (Wildman–Crippen LogP) is 3.94. The summed E-state index contributed by atoms with van der Waals surface area (Å²) in [5.74, 6) is 1.05. The van der Waals surface area contributed by atoms with Crippen molar-refractivity contribution in [1.82, 2.24) is 19.7 Å².